The fourth-order valence-electron chi connectivity index (χ4n) is 2.34. The molecule has 0 amide bonds. The normalized spacial score (nSPS) is 10.9. The topological polar surface area (TPSA) is 24.9 Å². The lowest BCUT2D eigenvalue weighted by molar-refractivity contribution is 0.608. The molecule has 2 nitrogen and oxygen atoms in total. The second-order valence-electron chi connectivity index (χ2n) is 4.93. The molecule has 0 spiro atoms. The Bertz CT molecular complexity index is 741. The summed E-state index contributed by atoms with van der Waals surface area (Å²) >= 11 is 1.46. The predicted molar refractivity (Wildman–Crippen MR) is 82.8 cm³/mol. The molecule has 0 aliphatic rings. The van der Waals surface area contributed by atoms with Gasteiger partial charge in [0, 0.05) is 11.9 Å². The zero-order valence-electron chi connectivity index (χ0n) is 11.4. The number of aromatic nitrogens is 1. The molecule has 102 valence electrons. The molecule has 0 saturated carbocycles. The van der Waals surface area contributed by atoms with Gasteiger partial charge in [-0.15, -0.1) is 0 Å². The molecular weight excluding hydrogens is 271 g/mol. The van der Waals surface area contributed by atoms with Crippen molar-refractivity contribution < 1.29 is 4.39 Å². The lowest BCUT2D eigenvalue weighted by Gasteiger charge is -2.08. The maximum Gasteiger partial charge on any atom is 0.129 e. The second-order valence-corrected chi connectivity index (χ2v) is 5.70. The Morgan fingerprint density at radius 3 is 2.60 bits per heavy atom. The Labute approximate surface area is 121 Å². The zero-order chi connectivity index (χ0) is 14.1. The molecular formula is C16H15FN2S. The summed E-state index contributed by atoms with van der Waals surface area (Å²) in [5, 5.41) is 5.58. The van der Waals surface area contributed by atoms with Crippen LogP contribution in [0.2, 0.25) is 0 Å². The van der Waals surface area contributed by atoms with Crippen molar-refractivity contribution in [1.29, 1.82) is 0 Å². The monoisotopic (exact) mass is 286 g/mol. The van der Waals surface area contributed by atoms with Gasteiger partial charge in [0.25, 0.3) is 0 Å². The fourth-order valence-corrected chi connectivity index (χ4v) is 3.09. The van der Waals surface area contributed by atoms with Crippen LogP contribution < -0.4 is 5.32 Å². The standard InChI is InChI=1S/C16H15FN2S/c1-10-7-12(8-11(2)15(10)17)9-18-16-13-5-3-4-6-14(13)19-20-16/h3-8,18H,9H2,1-2H3. The summed E-state index contributed by atoms with van der Waals surface area (Å²) in [6.07, 6.45) is 0. The molecule has 0 unspecified atom stereocenters. The van der Waals surface area contributed by atoms with Crippen molar-refractivity contribution in [3.05, 3.63) is 58.9 Å². The third-order valence-electron chi connectivity index (χ3n) is 3.33. The molecule has 1 N–H and O–H groups in total. The minimum absolute atomic E-state index is 0.114. The van der Waals surface area contributed by atoms with Crippen LogP contribution in [0.15, 0.2) is 36.4 Å². The highest BCUT2D eigenvalue weighted by molar-refractivity contribution is 7.11. The number of aryl methyl sites for hydroxylation is 2. The van der Waals surface area contributed by atoms with Crippen LogP contribution in [0.25, 0.3) is 10.9 Å². The summed E-state index contributed by atoms with van der Waals surface area (Å²) in [6, 6.07) is 11.8. The smallest absolute Gasteiger partial charge is 0.129 e. The summed E-state index contributed by atoms with van der Waals surface area (Å²) < 4.78 is 18.0. The maximum atomic E-state index is 13.6. The maximum absolute atomic E-state index is 13.6. The van der Waals surface area contributed by atoms with Gasteiger partial charge in [-0.3, -0.25) is 0 Å². The van der Waals surface area contributed by atoms with Crippen molar-refractivity contribution in [2.45, 2.75) is 20.4 Å². The second kappa shape index (κ2) is 5.21. The molecule has 1 heterocycles. The summed E-state index contributed by atoms with van der Waals surface area (Å²) in [4.78, 5) is 0. The van der Waals surface area contributed by atoms with Gasteiger partial charge in [-0.1, -0.05) is 24.3 Å². The average Bonchev–Trinajstić information content (AvgIpc) is 2.85. The predicted octanol–water partition coefficient (Wildman–Crippen LogP) is 4.66. The largest absolute Gasteiger partial charge is 0.371 e. The van der Waals surface area contributed by atoms with E-state index in [1.54, 1.807) is 13.8 Å². The highest BCUT2D eigenvalue weighted by Gasteiger charge is 2.07. The molecule has 3 rings (SSSR count). The van der Waals surface area contributed by atoms with E-state index in [1.807, 2.05) is 30.3 Å². The van der Waals surface area contributed by atoms with E-state index in [4.69, 9.17) is 0 Å². The SMILES string of the molecule is Cc1cc(CNc2snc3ccccc23)cc(C)c1F. The Kier molecular flexibility index (Phi) is 3.40. The third-order valence-corrected chi connectivity index (χ3v) is 4.17. The first-order chi connectivity index (χ1) is 9.65. The van der Waals surface area contributed by atoms with Crippen LogP contribution in [0.3, 0.4) is 0 Å². The van der Waals surface area contributed by atoms with E-state index in [-0.39, 0.29) is 5.82 Å². The summed E-state index contributed by atoms with van der Waals surface area (Å²) in [5.74, 6) is -0.114. The van der Waals surface area contributed by atoms with Crippen LogP contribution in [-0.4, -0.2) is 4.37 Å². The molecule has 1 aromatic heterocycles. The van der Waals surface area contributed by atoms with Crippen LogP contribution in [0.4, 0.5) is 9.39 Å². The average molecular weight is 286 g/mol. The summed E-state index contributed by atoms with van der Waals surface area (Å²) in [6.45, 7) is 4.27. The highest BCUT2D eigenvalue weighted by atomic mass is 32.1. The third kappa shape index (κ3) is 2.39. The molecule has 0 saturated heterocycles. The molecule has 0 aliphatic heterocycles. The molecule has 0 fully saturated rings. The summed E-state index contributed by atoms with van der Waals surface area (Å²) in [7, 11) is 0. The van der Waals surface area contributed by atoms with Crippen LogP contribution in [-0.2, 0) is 6.54 Å². The Hall–Kier alpha value is -1.94. The van der Waals surface area contributed by atoms with E-state index in [9.17, 15) is 4.39 Å². The van der Waals surface area contributed by atoms with Gasteiger partial charge in [0.1, 0.15) is 10.8 Å². The van der Waals surface area contributed by atoms with E-state index < -0.39 is 0 Å². The fraction of sp³-hybridized carbons (Fsp3) is 0.188. The number of nitrogens with one attached hydrogen (secondary N) is 1. The quantitative estimate of drug-likeness (QED) is 0.757. The zero-order valence-corrected chi connectivity index (χ0v) is 12.2. The first-order valence-corrected chi connectivity index (χ1v) is 7.26. The molecule has 0 radical (unpaired) electrons. The van der Waals surface area contributed by atoms with Gasteiger partial charge in [0.05, 0.1) is 5.52 Å². The van der Waals surface area contributed by atoms with Gasteiger partial charge >= 0.3 is 0 Å². The first kappa shape index (κ1) is 13.1. The van der Waals surface area contributed by atoms with Gasteiger partial charge in [-0.2, -0.15) is 4.37 Å². The van der Waals surface area contributed by atoms with E-state index >= 15 is 0 Å². The van der Waals surface area contributed by atoms with Crippen molar-refractivity contribution in [3.63, 3.8) is 0 Å². The number of fused-ring (bicyclic) bond motifs is 1. The van der Waals surface area contributed by atoms with Crippen molar-refractivity contribution >= 4 is 27.4 Å². The van der Waals surface area contributed by atoms with Crippen LogP contribution >= 0.6 is 11.5 Å². The lowest BCUT2D eigenvalue weighted by Crippen LogP contribution is -2.00. The number of hydrogen-bond acceptors (Lipinski definition) is 3. The van der Waals surface area contributed by atoms with Gasteiger partial charge < -0.3 is 5.32 Å². The van der Waals surface area contributed by atoms with Crippen molar-refractivity contribution in [3.8, 4) is 0 Å². The van der Waals surface area contributed by atoms with Crippen molar-refractivity contribution in [1.82, 2.24) is 4.37 Å². The van der Waals surface area contributed by atoms with E-state index in [2.05, 4.69) is 15.8 Å². The van der Waals surface area contributed by atoms with Crippen molar-refractivity contribution in [2.75, 3.05) is 5.32 Å². The molecule has 3 aromatic rings. The van der Waals surface area contributed by atoms with Gasteiger partial charge in [0.15, 0.2) is 0 Å². The molecule has 0 atom stereocenters. The highest BCUT2D eigenvalue weighted by Crippen LogP contribution is 2.28. The van der Waals surface area contributed by atoms with Crippen LogP contribution in [0, 0.1) is 19.7 Å². The number of nitrogens with zero attached hydrogens (tertiary/aromatic N) is 1. The lowest BCUT2D eigenvalue weighted by atomic mass is 10.1. The first-order valence-electron chi connectivity index (χ1n) is 6.49. The Morgan fingerprint density at radius 1 is 1.15 bits per heavy atom. The number of hydrogen-bond donors (Lipinski definition) is 1. The molecule has 0 aliphatic carbocycles. The van der Waals surface area contributed by atoms with Crippen LogP contribution in [0.5, 0.6) is 0 Å². The molecule has 20 heavy (non-hydrogen) atoms. The Balaban J connectivity index is 1.83. The number of halogens is 1. The molecule has 2 aromatic carbocycles. The number of rotatable bonds is 3. The summed E-state index contributed by atoms with van der Waals surface area (Å²) in [5.41, 5.74) is 3.47. The Morgan fingerprint density at radius 2 is 1.85 bits per heavy atom. The van der Waals surface area contributed by atoms with Gasteiger partial charge in [-0.05, 0) is 54.2 Å². The molecule has 0 bridgehead atoms. The number of benzene rings is 2. The van der Waals surface area contributed by atoms with E-state index in [0.29, 0.717) is 17.7 Å². The van der Waals surface area contributed by atoms with E-state index in [1.165, 1.54) is 11.5 Å². The minimum atomic E-state index is -0.114. The van der Waals surface area contributed by atoms with Gasteiger partial charge in [-0.25, -0.2) is 4.39 Å². The van der Waals surface area contributed by atoms with Gasteiger partial charge in [0.2, 0.25) is 0 Å². The molecule has 4 heteroatoms. The minimum Gasteiger partial charge on any atom is -0.371 e. The number of anilines is 1. The van der Waals surface area contributed by atoms with Crippen molar-refractivity contribution in [2.24, 2.45) is 0 Å². The van der Waals surface area contributed by atoms with E-state index in [0.717, 1.165) is 21.5 Å². The van der Waals surface area contributed by atoms with Crippen LogP contribution in [0.1, 0.15) is 16.7 Å².